The molecule has 2 aromatic heterocycles. The summed E-state index contributed by atoms with van der Waals surface area (Å²) in [4.78, 5) is 16.4. The summed E-state index contributed by atoms with van der Waals surface area (Å²) in [6.45, 7) is 0. The van der Waals surface area contributed by atoms with Gasteiger partial charge >= 0.3 is 0 Å². The number of nitriles is 1. The highest BCUT2D eigenvalue weighted by molar-refractivity contribution is 6.30. The lowest BCUT2D eigenvalue weighted by Gasteiger charge is -2.15. The van der Waals surface area contributed by atoms with Crippen LogP contribution in [0, 0.1) is 11.3 Å². The molecule has 28 heavy (non-hydrogen) atoms. The third kappa shape index (κ3) is 2.26. The van der Waals surface area contributed by atoms with E-state index < -0.39 is 0 Å². The first kappa shape index (κ1) is 16.8. The number of aromatic amines is 1. The lowest BCUT2D eigenvalue weighted by molar-refractivity contribution is 0.765. The van der Waals surface area contributed by atoms with Crippen molar-refractivity contribution in [3.8, 4) is 6.07 Å². The third-order valence-electron chi connectivity index (χ3n) is 5.56. The zero-order valence-electron chi connectivity index (χ0n) is 15.1. The smallest absolute Gasteiger partial charge is 0.282 e. The van der Waals surface area contributed by atoms with E-state index in [1.54, 1.807) is 18.2 Å². The quantitative estimate of drug-likeness (QED) is 0.557. The molecule has 1 aliphatic rings. The first-order chi connectivity index (χ1) is 13.6. The van der Waals surface area contributed by atoms with Crippen LogP contribution in [0.3, 0.4) is 0 Å². The molecule has 0 bridgehead atoms. The maximum Gasteiger partial charge on any atom is 0.282 e. The van der Waals surface area contributed by atoms with Crippen molar-refractivity contribution in [1.29, 1.82) is 5.26 Å². The average Bonchev–Trinajstić information content (AvgIpc) is 3.43. The lowest BCUT2D eigenvalue weighted by atomic mass is 9.91. The van der Waals surface area contributed by atoms with Gasteiger partial charge in [0.05, 0.1) is 28.2 Å². The Kier molecular flexibility index (Phi) is 3.52. The van der Waals surface area contributed by atoms with Crippen molar-refractivity contribution >= 4 is 33.8 Å². The number of benzene rings is 2. The molecule has 2 aromatic carbocycles. The molecule has 0 spiro atoms. The molecule has 0 amide bonds. The normalized spacial score (nSPS) is 14.9. The van der Waals surface area contributed by atoms with Crippen LogP contribution in [0.15, 0.2) is 47.3 Å². The lowest BCUT2D eigenvalue weighted by Crippen LogP contribution is -2.17. The van der Waals surface area contributed by atoms with E-state index in [9.17, 15) is 4.79 Å². The topological polar surface area (TPSA) is 86.0 Å². The second-order valence-electron chi connectivity index (χ2n) is 7.13. The number of halogens is 1. The summed E-state index contributed by atoms with van der Waals surface area (Å²) < 4.78 is 1.40. The highest BCUT2D eigenvalue weighted by Crippen LogP contribution is 2.55. The van der Waals surface area contributed by atoms with Crippen LogP contribution < -0.4 is 10.9 Å². The molecular formula is C21H16ClN5O. The van der Waals surface area contributed by atoms with Gasteiger partial charge in [0.15, 0.2) is 5.65 Å². The maximum absolute atomic E-state index is 13.1. The van der Waals surface area contributed by atoms with Crippen LogP contribution in [0.2, 0.25) is 5.02 Å². The van der Waals surface area contributed by atoms with Gasteiger partial charge in [0.1, 0.15) is 5.69 Å². The van der Waals surface area contributed by atoms with Gasteiger partial charge in [-0.05, 0) is 48.7 Å². The van der Waals surface area contributed by atoms with E-state index in [0.29, 0.717) is 27.1 Å². The predicted molar refractivity (Wildman–Crippen MR) is 109 cm³/mol. The SMILES string of the molecule is CNc1c(C2(c3ccc(Cl)cc3)CC2)nn2c(=O)c3cc(C#N)ccc3[nH]c12. The zero-order chi connectivity index (χ0) is 19.5. The number of rotatable bonds is 3. The summed E-state index contributed by atoms with van der Waals surface area (Å²) in [7, 11) is 1.83. The van der Waals surface area contributed by atoms with Gasteiger partial charge in [0.25, 0.3) is 5.56 Å². The van der Waals surface area contributed by atoms with Crippen molar-refractivity contribution in [1.82, 2.24) is 14.6 Å². The van der Waals surface area contributed by atoms with Crippen molar-refractivity contribution in [3.05, 3.63) is 74.7 Å². The molecule has 1 saturated carbocycles. The number of hydrogen-bond acceptors (Lipinski definition) is 4. The van der Waals surface area contributed by atoms with E-state index in [0.717, 1.165) is 29.8 Å². The van der Waals surface area contributed by atoms with Gasteiger partial charge in [-0.2, -0.15) is 14.9 Å². The van der Waals surface area contributed by atoms with Crippen LogP contribution in [0.1, 0.15) is 29.7 Å². The zero-order valence-corrected chi connectivity index (χ0v) is 15.8. The van der Waals surface area contributed by atoms with Crippen molar-refractivity contribution in [3.63, 3.8) is 0 Å². The minimum atomic E-state index is -0.240. The summed E-state index contributed by atoms with van der Waals surface area (Å²) in [6.07, 6.45) is 1.92. The second-order valence-corrected chi connectivity index (χ2v) is 7.56. The highest BCUT2D eigenvalue weighted by atomic mass is 35.5. The molecule has 0 unspecified atom stereocenters. The first-order valence-corrected chi connectivity index (χ1v) is 9.38. The second kappa shape index (κ2) is 5.85. The summed E-state index contributed by atoms with van der Waals surface area (Å²) in [5, 5.41) is 18.2. The molecular weight excluding hydrogens is 374 g/mol. The summed E-state index contributed by atoms with van der Waals surface area (Å²) >= 11 is 6.05. The minimum absolute atomic E-state index is 0.223. The Hall–Kier alpha value is -3.30. The molecule has 138 valence electrons. The summed E-state index contributed by atoms with van der Waals surface area (Å²) in [6, 6.07) is 14.9. The third-order valence-corrected chi connectivity index (χ3v) is 5.81. The van der Waals surface area contributed by atoms with Crippen molar-refractivity contribution in [2.24, 2.45) is 0 Å². The Morgan fingerprint density at radius 2 is 2.00 bits per heavy atom. The molecule has 0 saturated heterocycles. The Morgan fingerprint density at radius 3 is 2.64 bits per heavy atom. The fraction of sp³-hybridized carbons (Fsp3) is 0.190. The van der Waals surface area contributed by atoms with Crippen molar-refractivity contribution in [2.75, 3.05) is 12.4 Å². The molecule has 1 aliphatic carbocycles. The van der Waals surface area contributed by atoms with E-state index in [-0.39, 0.29) is 11.0 Å². The summed E-state index contributed by atoms with van der Waals surface area (Å²) in [5.41, 5.74) is 4.08. The van der Waals surface area contributed by atoms with Gasteiger partial charge in [0, 0.05) is 17.5 Å². The van der Waals surface area contributed by atoms with Crippen LogP contribution in [0.4, 0.5) is 5.69 Å². The van der Waals surface area contributed by atoms with E-state index in [2.05, 4.69) is 16.4 Å². The highest BCUT2D eigenvalue weighted by Gasteiger charge is 2.50. The van der Waals surface area contributed by atoms with Gasteiger partial charge < -0.3 is 10.3 Å². The van der Waals surface area contributed by atoms with Gasteiger partial charge in [-0.1, -0.05) is 23.7 Å². The van der Waals surface area contributed by atoms with Crippen LogP contribution in [0.25, 0.3) is 16.6 Å². The van der Waals surface area contributed by atoms with Crippen LogP contribution in [-0.4, -0.2) is 21.6 Å². The van der Waals surface area contributed by atoms with E-state index >= 15 is 0 Å². The van der Waals surface area contributed by atoms with Crippen LogP contribution >= 0.6 is 11.6 Å². The Labute approximate surface area is 165 Å². The Bertz CT molecular complexity index is 1340. The van der Waals surface area contributed by atoms with Gasteiger partial charge in [-0.25, -0.2) is 0 Å². The molecule has 7 heteroatoms. The molecule has 1 fully saturated rings. The molecule has 0 atom stereocenters. The van der Waals surface area contributed by atoms with Crippen LogP contribution in [-0.2, 0) is 5.41 Å². The number of aromatic nitrogens is 3. The Morgan fingerprint density at radius 1 is 1.25 bits per heavy atom. The molecule has 2 N–H and O–H groups in total. The van der Waals surface area contributed by atoms with Crippen molar-refractivity contribution < 1.29 is 0 Å². The van der Waals surface area contributed by atoms with Crippen LogP contribution in [0.5, 0.6) is 0 Å². The number of H-pyrrole nitrogens is 1. The van der Waals surface area contributed by atoms with Gasteiger partial charge in [-0.3, -0.25) is 4.79 Å². The standard InChI is InChI=1S/C21H16ClN5O/c1-24-17-18(21(8-9-21)13-3-5-14(22)6-4-13)26-27-19(17)25-16-7-2-12(11-23)10-15(16)20(27)28/h2-7,10,24-25H,8-9H2,1H3. The largest absolute Gasteiger partial charge is 0.384 e. The number of anilines is 1. The Balaban J connectivity index is 1.80. The molecule has 4 aromatic rings. The van der Waals surface area contributed by atoms with Gasteiger partial charge in [0.2, 0.25) is 0 Å². The van der Waals surface area contributed by atoms with E-state index in [1.165, 1.54) is 4.52 Å². The number of nitrogens with zero attached hydrogens (tertiary/aromatic N) is 3. The average molecular weight is 390 g/mol. The minimum Gasteiger partial charge on any atom is -0.384 e. The van der Waals surface area contributed by atoms with E-state index in [4.69, 9.17) is 22.0 Å². The van der Waals surface area contributed by atoms with E-state index in [1.807, 2.05) is 31.3 Å². The predicted octanol–water partition coefficient (Wildman–Crippen LogP) is 3.82. The number of fused-ring (bicyclic) bond motifs is 2. The van der Waals surface area contributed by atoms with Gasteiger partial charge in [-0.15, -0.1) is 0 Å². The molecule has 0 aliphatic heterocycles. The molecule has 5 rings (SSSR count). The monoisotopic (exact) mass is 389 g/mol. The van der Waals surface area contributed by atoms with Crippen molar-refractivity contribution in [2.45, 2.75) is 18.3 Å². The fourth-order valence-corrected chi connectivity index (χ4v) is 4.08. The molecule has 0 radical (unpaired) electrons. The molecule has 6 nitrogen and oxygen atoms in total. The number of hydrogen-bond donors (Lipinski definition) is 2. The fourth-order valence-electron chi connectivity index (χ4n) is 3.95. The maximum atomic E-state index is 13.1. The first-order valence-electron chi connectivity index (χ1n) is 9.00. The summed E-state index contributed by atoms with van der Waals surface area (Å²) in [5.74, 6) is 0. The molecule has 2 heterocycles. The number of nitrogens with one attached hydrogen (secondary N) is 2.